The van der Waals surface area contributed by atoms with E-state index in [1.807, 2.05) is 30.3 Å². The normalized spacial score (nSPS) is 34.2. The fourth-order valence-corrected chi connectivity index (χ4v) is 28.0. The summed E-state index contributed by atoms with van der Waals surface area (Å²) in [4.78, 5) is 3.85. The molecule has 0 saturated heterocycles. The van der Waals surface area contributed by atoms with Crippen LogP contribution in [0.4, 0.5) is 8.78 Å². The van der Waals surface area contributed by atoms with E-state index in [4.69, 9.17) is 28.4 Å². The van der Waals surface area contributed by atoms with Crippen molar-refractivity contribution < 1.29 is 55.3 Å². The van der Waals surface area contributed by atoms with Gasteiger partial charge in [-0.25, -0.2) is 8.42 Å². The number of para-hydroxylation sites is 2. The number of hydrogen-bond donors (Lipinski definition) is 1. The molecule has 7 aromatic rings. The summed E-state index contributed by atoms with van der Waals surface area (Å²) in [6.07, 6.45) is 25.8. The second-order valence-corrected chi connectivity index (χ2v) is 42.3. The number of hydrogen-bond acceptors (Lipinski definition) is 10. The van der Waals surface area contributed by atoms with Gasteiger partial charge in [0.1, 0.15) is 33.9 Å². The number of fused-ring (bicyclic) bond motifs is 16. The lowest BCUT2D eigenvalue weighted by atomic mass is 9.49. The van der Waals surface area contributed by atoms with Crippen molar-refractivity contribution in [2.45, 2.75) is 279 Å². The number of alkyl halides is 2. The van der Waals surface area contributed by atoms with Gasteiger partial charge in [0.05, 0.1) is 12.2 Å². The zero-order valence-electron chi connectivity index (χ0n) is 69.2. The monoisotopic (exact) mass is 1590 g/mol. The molecule has 22 rings (SSSR count). The number of ether oxygens (including phenoxy) is 6. The summed E-state index contributed by atoms with van der Waals surface area (Å²) in [5.74, 6) is 20.2. The van der Waals surface area contributed by atoms with E-state index in [-0.39, 0.29) is 34.6 Å². The number of rotatable bonds is 15. The van der Waals surface area contributed by atoms with Gasteiger partial charge in [-0.05, 0) is 364 Å². The number of halogens is 2. The van der Waals surface area contributed by atoms with Gasteiger partial charge >= 0.3 is 5.25 Å². The summed E-state index contributed by atoms with van der Waals surface area (Å²) >= 11 is 0. The van der Waals surface area contributed by atoms with Gasteiger partial charge < -0.3 is 38.1 Å². The molecule has 8 bridgehead atoms. The highest BCUT2D eigenvalue weighted by atomic mass is 32.2. The molecule has 1 N–H and O–H groups in total. The first-order valence-electron chi connectivity index (χ1n) is 44.2. The lowest BCUT2D eigenvalue weighted by Crippen LogP contribution is -2.55. The van der Waals surface area contributed by atoms with Crippen molar-refractivity contribution in [2.75, 3.05) is 0 Å². The van der Waals surface area contributed by atoms with E-state index in [9.17, 15) is 26.9 Å². The van der Waals surface area contributed by atoms with Gasteiger partial charge in [0.2, 0.25) is 22.4 Å². The zero-order chi connectivity index (χ0) is 79.4. The summed E-state index contributed by atoms with van der Waals surface area (Å²) in [6, 6.07) is 51.8. The molecular formula is C100H124F2O10S2. The molecule has 21 unspecified atom stereocenters. The van der Waals surface area contributed by atoms with Gasteiger partial charge in [-0.15, -0.1) is 0 Å². The van der Waals surface area contributed by atoms with E-state index < -0.39 is 21.5 Å². The first-order chi connectivity index (χ1) is 54.7. The highest BCUT2D eigenvalue weighted by molar-refractivity contribution is 7.97. The van der Waals surface area contributed by atoms with Gasteiger partial charge in [0, 0.05) is 11.3 Å². The maximum atomic E-state index is 13.4. The van der Waals surface area contributed by atoms with E-state index in [1.165, 1.54) is 164 Å². The quantitative estimate of drug-likeness (QED) is 0.0601. The topological polar surface area (TPSA) is 133 Å². The van der Waals surface area contributed by atoms with E-state index in [2.05, 4.69) is 166 Å². The predicted octanol–water partition coefficient (Wildman–Crippen LogP) is 24.4. The Balaban J connectivity index is 0.000000107. The molecule has 0 spiro atoms. The minimum atomic E-state index is -5.76. The minimum absolute atomic E-state index is 0.0283. The maximum absolute atomic E-state index is 13.4. The smallest absolute Gasteiger partial charge is 0.369 e. The molecule has 15 aliphatic rings. The molecule has 14 heteroatoms. The summed E-state index contributed by atoms with van der Waals surface area (Å²) in [5, 5.41) is 4.80. The third-order valence-corrected chi connectivity index (χ3v) is 34.7. The lowest BCUT2D eigenvalue weighted by Gasteiger charge is -2.58. The van der Waals surface area contributed by atoms with E-state index >= 15 is 0 Å². The molecule has 610 valence electrons. The molecule has 10 fully saturated rings. The molecule has 1 heterocycles. The standard InChI is InChI=1S/C32H44O2.C25H36O2.C18H13OS.C14H18F2O4S.C11H14O/c1-18-8-23-12-25(6-7-26(23)19(18)2)33-31(32-15-20-9-21(16-32)11-22(10-20)17-32)34-30-14-24-13-29(30)28-5-3-4-27(24)28;1-14(2)25(26-19-8-9-20-16(4)15(3)10-17(20)11-19)27-24-13-18-12-23(24)22-7-5-6-21(18)22;1-2-8-14(9-3-1)20-17-12-6-4-10-15(17)19-16-11-5-7-13-18(16)20;1-8-6-11-7-12(4-5-13(11)9(8)2)20-10(3)14(15,16)21(17,18)19;1-7-5-9-6-10(12)3-4-11(9)8(7)2/h6-7,12,18-22,24,27-31H,3-5,8-11,13-17H2,1-2H3;8-9,11,14-16,18,21-25H,5-7,10,12-13H2,1-4H3;1-13H;4-5,7-10H,6H2,1-3H3,(H,17,18,19);3-4,6-8,12H,5H2,1-2H3/q;;+1;;/p-1. The largest absolute Gasteiger partial charge is 0.743 e. The van der Waals surface area contributed by atoms with Gasteiger partial charge in [-0.1, -0.05) is 149 Å². The van der Waals surface area contributed by atoms with Crippen LogP contribution < -0.4 is 18.9 Å². The van der Waals surface area contributed by atoms with Crippen LogP contribution in [0.1, 0.15) is 247 Å². The predicted molar refractivity (Wildman–Crippen MR) is 447 cm³/mol. The summed E-state index contributed by atoms with van der Waals surface area (Å²) in [7, 11) is -5.84. The first-order valence-corrected chi connectivity index (χ1v) is 46.8. The molecule has 0 aromatic heterocycles. The fraction of sp³-hybridized carbons (Fsp3) is 0.580. The van der Waals surface area contributed by atoms with Crippen LogP contribution in [0.3, 0.4) is 0 Å². The maximum Gasteiger partial charge on any atom is 0.369 e. The van der Waals surface area contributed by atoms with Crippen molar-refractivity contribution in [3.05, 3.63) is 196 Å². The second kappa shape index (κ2) is 32.4. The van der Waals surface area contributed by atoms with Crippen LogP contribution in [0.25, 0.3) is 0 Å². The summed E-state index contributed by atoms with van der Waals surface area (Å²) in [6.45, 7) is 23.6. The van der Waals surface area contributed by atoms with Crippen molar-refractivity contribution in [3.63, 3.8) is 0 Å². The van der Waals surface area contributed by atoms with Crippen LogP contribution >= 0.6 is 0 Å². The van der Waals surface area contributed by atoms with Crippen molar-refractivity contribution in [3.8, 4) is 34.5 Å². The first kappa shape index (κ1) is 80.0. The molecule has 0 amide bonds. The Labute approximate surface area is 681 Å². The van der Waals surface area contributed by atoms with Crippen LogP contribution in [0.5, 0.6) is 34.5 Å². The zero-order valence-corrected chi connectivity index (χ0v) is 70.8. The van der Waals surface area contributed by atoms with Gasteiger partial charge in [0.25, 0.3) is 0 Å². The highest BCUT2D eigenvalue weighted by Gasteiger charge is 2.60. The average molecular weight is 1590 g/mol. The van der Waals surface area contributed by atoms with Crippen molar-refractivity contribution in [1.82, 2.24) is 0 Å². The van der Waals surface area contributed by atoms with Gasteiger partial charge in [-0.3, -0.25) is 0 Å². The van der Waals surface area contributed by atoms with Crippen LogP contribution in [0.15, 0.2) is 166 Å². The van der Waals surface area contributed by atoms with E-state index in [0.29, 0.717) is 53.5 Å². The third kappa shape index (κ3) is 15.7. The average Bonchev–Trinajstić information content (AvgIpc) is 1.13. The Kier molecular flexibility index (Phi) is 22.7. The number of phenols is 1. The molecule has 114 heavy (non-hydrogen) atoms. The molecule has 21 atom stereocenters. The Hall–Kier alpha value is -6.42. The van der Waals surface area contributed by atoms with Gasteiger partial charge in [0.15, 0.2) is 32.6 Å². The lowest BCUT2D eigenvalue weighted by molar-refractivity contribution is -0.241. The Morgan fingerprint density at radius 2 is 0.877 bits per heavy atom. The van der Waals surface area contributed by atoms with Crippen LogP contribution in [-0.2, 0) is 56.2 Å². The molecule has 10 nitrogen and oxygen atoms in total. The van der Waals surface area contributed by atoms with Crippen molar-refractivity contribution in [1.29, 1.82) is 0 Å². The fourth-order valence-electron chi connectivity index (χ4n) is 25.3. The van der Waals surface area contributed by atoms with Crippen LogP contribution in [0.2, 0.25) is 0 Å². The third-order valence-electron chi connectivity index (χ3n) is 31.4. The van der Waals surface area contributed by atoms with E-state index in [0.717, 1.165) is 137 Å². The van der Waals surface area contributed by atoms with Crippen molar-refractivity contribution in [2.24, 2.45) is 100 Å². The molecule has 14 aliphatic carbocycles. The Morgan fingerprint density at radius 1 is 0.474 bits per heavy atom. The van der Waals surface area contributed by atoms with Crippen LogP contribution in [-0.4, -0.2) is 54.2 Å². The molecule has 1 aliphatic heterocycles. The van der Waals surface area contributed by atoms with Crippen molar-refractivity contribution >= 4 is 21.0 Å². The number of benzene rings is 7. The SMILES string of the molecule is CC(C)C(Oc1ccc2c(c1)CC(C)C2C)OC1CC2CC1C1CCCC21.CC1Cc2cc(O)ccc2C1C.CC1Cc2cc(OC(C)C(F)(F)S(=O)(=O)[O-])ccc2C1C.CC1Cc2cc(OC(OC3CC4CC3C3CCCC43)C34CC5CC(CC(C5)C3)C4)ccc2C1C.c1ccc([S+]2c3ccccc3Oc3ccccc32)cc1. The number of phenolic OH excluding ortho intramolecular Hbond substituents is 1. The summed E-state index contributed by atoms with van der Waals surface area (Å²) in [5.41, 5.74) is 11.2. The van der Waals surface area contributed by atoms with Crippen LogP contribution in [0, 0.1) is 100 Å². The molecule has 7 aromatic carbocycles. The minimum Gasteiger partial charge on any atom is -0.743 e. The second-order valence-electron chi connectivity index (χ2n) is 38.9. The molecule has 0 radical (unpaired) electrons. The summed E-state index contributed by atoms with van der Waals surface area (Å²) < 4.78 is 96.9. The Bertz CT molecular complexity index is 4620. The Morgan fingerprint density at radius 3 is 1.33 bits per heavy atom. The van der Waals surface area contributed by atoms with E-state index in [1.54, 1.807) is 23.8 Å². The highest BCUT2D eigenvalue weighted by Crippen LogP contribution is 2.65. The molecule has 10 saturated carbocycles. The number of aromatic hydroxyl groups is 1. The van der Waals surface area contributed by atoms with Gasteiger partial charge in [-0.2, -0.15) is 8.78 Å². The molecular weight excluding hydrogens is 1460 g/mol.